The normalized spacial score (nSPS) is 11.9. The Balaban J connectivity index is 1.75. The van der Waals surface area contributed by atoms with E-state index in [4.69, 9.17) is 16.0 Å². The van der Waals surface area contributed by atoms with Gasteiger partial charge in [0.15, 0.2) is 11.6 Å². The molecule has 0 aliphatic carbocycles. The summed E-state index contributed by atoms with van der Waals surface area (Å²) in [4.78, 5) is 7.63. The summed E-state index contributed by atoms with van der Waals surface area (Å²) in [6.07, 6.45) is 0. The van der Waals surface area contributed by atoms with Crippen LogP contribution in [0.2, 0.25) is 5.02 Å². The van der Waals surface area contributed by atoms with Crippen molar-refractivity contribution in [3.63, 3.8) is 0 Å². The van der Waals surface area contributed by atoms with Gasteiger partial charge < -0.3 is 9.40 Å². The Kier molecular flexibility index (Phi) is 3.44. The topological polar surface area (TPSA) is 76.0 Å². The second-order valence-corrected chi connectivity index (χ2v) is 7.50. The van der Waals surface area contributed by atoms with E-state index in [0.29, 0.717) is 16.6 Å². The zero-order valence-electron chi connectivity index (χ0n) is 12.2. The molecule has 0 amide bonds. The predicted molar refractivity (Wildman–Crippen MR) is 90.7 cm³/mol. The quantitative estimate of drug-likeness (QED) is 0.592. The van der Waals surface area contributed by atoms with Gasteiger partial charge in [-0.25, -0.2) is 13.4 Å². The number of rotatable bonds is 3. The van der Waals surface area contributed by atoms with Crippen LogP contribution in [0.3, 0.4) is 0 Å². The maximum atomic E-state index is 12.6. The fourth-order valence-corrected chi connectivity index (χ4v) is 3.69. The zero-order chi connectivity index (χ0) is 16.7. The van der Waals surface area contributed by atoms with Gasteiger partial charge in [0.05, 0.1) is 15.9 Å². The van der Waals surface area contributed by atoms with E-state index in [1.54, 1.807) is 6.07 Å². The number of sulfone groups is 1. The highest BCUT2D eigenvalue weighted by molar-refractivity contribution is 7.91. The summed E-state index contributed by atoms with van der Waals surface area (Å²) in [6.45, 7) is 0. The number of hydrogen-bond acceptors (Lipinski definition) is 4. The van der Waals surface area contributed by atoms with Crippen molar-refractivity contribution in [2.45, 2.75) is 9.99 Å². The van der Waals surface area contributed by atoms with Crippen molar-refractivity contribution in [3.05, 3.63) is 65.7 Å². The van der Waals surface area contributed by atoms with E-state index in [1.165, 1.54) is 30.3 Å². The lowest BCUT2D eigenvalue weighted by Crippen LogP contribution is -1.99. The molecule has 2 heterocycles. The van der Waals surface area contributed by atoms with Gasteiger partial charge in [0.25, 0.3) is 0 Å². The second kappa shape index (κ2) is 5.51. The third kappa shape index (κ3) is 2.50. The molecule has 24 heavy (non-hydrogen) atoms. The summed E-state index contributed by atoms with van der Waals surface area (Å²) >= 11 is 5.80. The van der Waals surface area contributed by atoms with Crippen LogP contribution in [-0.4, -0.2) is 18.4 Å². The van der Waals surface area contributed by atoms with E-state index in [0.717, 1.165) is 11.0 Å². The molecule has 0 saturated heterocycles. The Morgan fingerprint density at radius 2 is 1.71 bits per heavy atom. The van der Waals surface area contributed by atoms with E-state index in [9.17, 15) is 8.42 Å². The first-order chi connectivity index (χ1) is 11.5. The SMILES string of the molecule is O=S(=O)(c1ccc(Cl)cc1)c1ccc(-c2nc3ccccc3[nH]2)o1. The molecule has 0 spiro atoms. The van der Waals surface area contributed by atoms with Crippen LogP contribution in [0.4, 0.5) is 0 Å². The molecule has 0 radical (unpaired) electrons. The molecule has 0 saturated carbocycles. The van der Waals surface area contributed by atoms with Gasteiger partial charge in [0.2, 0.25) is 14.9 Å². The minimum Gasteiger partial charge on any atom is -0.441 e. The van der Waals surface area contributed by atoms with Crippen molar-refractivity contribution in [2.24, 2.45) is 0 Å². The van der Waals surface area contributed by atoms with Gasteiger partial charge in [-0.1, -0.05) is 23.7 Å². The van der Waals surface area contributed by atoms with Crippen LogP contribution >= 0.6 is 11.6 Å². The molecule has 1 N–H and O–H groups in total. The van der Waals surface area contributed by atoms with Crippen LogP contribution in [0.1, 0.15) is 0 Å². The van der Waals surface area contributed by atoms with Crippen LogP contribution in [0.15, 0.2) is 75.1 Å². The van der Waals surface area contributed by atoms with Crippen molar-refractivity contribution < 1.29 is 12.8 Å². The number of aromatic amines is 1. The van der Waals surface area contributed by atoms with Gasteiger partial charge in [-0.2, -0.15) is 0 Å². The standard InChI is InChI=1S/C17H11ClN2O3S/c18-11-5-7-12(8-6-11)24(21,22)16-10-9-15(23-16)17-19-13-3-1-2-4-14(13)20-17/h1-10H,(H,19,20). The Bertz CT molecular complexity index is 1100. The number of halogens is 1. The first kappa shape index (κ1) is 15.0. The highest BCUT2D eigenvalue weighted by atomic mass is 35.5. The molecule has 0 aliphatic heterocycles. The number of furan rings is 1. The Hall–Kier alpha value is -2.57. The highest BCUT2D eigenvalue weighted by Crippen LogP contribution is 2.28. The molecule has 2 aromatic carbocycles. The minimum atomic E-state index is -3.74. The van der Waals surface area contributed by atoms with Crippen LogP contribution in [0, 0.1) is 0 Å². The van der Waals surface area contributed by atoms with Gasteiger partial charge in [-0.15, -0.1) is 0 Å². The molecule has 5 nitrogen and oxygen atoms in total. The Morgan fingerprint density at radius 1 is 0.958 bits per heavy atom. The van der Waals surface area contributed by atoms with Gasteiger partial charge in [0, 0.05) is 5.02 Å². The van der Waals surface area contributed by atoms with Gasteiger partial charge in [0.1, 0.15) is 0 Å². The largest absolute Gasteiger partial charge is 0.441 e. The van der Waals surface area contributed by atoms with Gasteiger partial charge in [-0.05, 0) is 48.5 Å². The van der Waals surface area contributed by atoms with Crippen LogP contribution in [0.25, 0.3) is 22.6 Å². The van der Waals surface area contributed by atoms with Gasteiger partial charge in [-0.3, -0.25) is 0 Å². The summed E-state index contributed by atoms with van der Waals surface area (Å²) in [6, 6.07) is 16.5. The van der Waals surface area contributed by atoms with E-state index in [-0.39, 0.29) is 9.99 Å². The Labute approximate surface area is 142 Å². The number of benzene rings is 2. The van der Waals surface area contributed by atoms with Crippen molar-refractivity contribution in [3.8, 4) is 11.6 Å². The fourth-order valence-electron chi connectivity index (χ4n) is 2.39. The molecule has 7 heteroatoms. The average molecular weight is 359 g/mol. The molecule has 120 valence electrons. The molecule has 0 atom stereocenters. The summed E-state index contributed by atoms with van der Waals surface area (Å²) < 4.78 is 30.7. The van der Waals surface area contributed by atoms with E-state index >= 15 is 0 Å². The summed E-state index contributed by atoms with van der Waals surface area (Å²) in [7, 11) is -3.74. The lowest BCUT2D eigenvalue weighted by atomic mass is 10.3. The highest BCUT2D eigenvalue weighted by Gasteiger charge is 2.22. The maximum Gasteiger partial charge on any atom is 0.239 e. The molecule has 0 bridgehead atoms. The smallest absolute Gasteiger partial charge is 0.239 e. The van der Waals surface area contributed by atoms with E-state index < -0.39 is 9.84 Å². The van der Waals surface area contributed by atoms with Gasteiger partial charge >= 0.3 is 0 Å². The Morgan fingerprint density at radius 3 is 2.46 bits per heavy atom. The number of nitrogens with one attached hydrogen (secondary N) is 1. The zero-order valence-corrected chi connectivity index (χ0v) is 13.8. The minimum absolute atomic E-state index is 0.123. The number of para-hydroxylation sites is 2. The number of hydrogen-bond donors (Lipinski definition) is 1. The molecule has 2 aromatic heterocycles. The number of H-pyrrole nitrogens is 1. The van der Waals surface area contributed by atoms with Crippen molar-refractivity contribution >= 4 is 32.5 Å². The molecule has 0 unspecified atom stereocenters. The summed E-state index contributed by atoms with van der Waals surface area (Å²) in [5, 5.41) is 0.330. The lowest BCUT2D eigenvalue weighted by Gasteiger charge is -2.01. The number of aromatic nitrogens is 2. The first-order valence-electron chi connectivity index (χ1n) is 7.10. The number of fused-ring (bicyclic) bond motifs is 1. The van der Waals surface area contributed by atoms with Crippen LogP contribution < -0.4 is 0 Å². The monoisotopic (exact) mass is 358 g/mol. The summed E-state index contributed by atoms with van der Waals surface area (Å²) in [5.41, 5.74) is 1.64. The van der Waals surface area contributed by atoms with Crippen molar-refractivity contribution in [1.29, 1.82) is 0 Å². The molecular weight excluding hydrogens is 348 g/mol. The number of imidazole rings is 1. The van der Waals surface area contributed by atoms with Crippen LogP contribution in [0.5, 0.6) is 0 Å². The maximum absolute atomic E-state index is 12.6. The second-order valence-electron chi connectivity index (χ2n) is 5.18. The van der Waals surface area contributed by atoms with Crippen molar-refractivity contribution in [1.82, 2.24) is 9.97 Å². The molecule has 4 rings (SSSR count). The number of nitrogens with zero attached hydrogens (tertiary/aromatic N) is 1. The third-order valence-electron chi connectivity index (χ3n) is 3.59. The van der Waals surface area contributed by atoms with E-state index in [1.807, 2.05) is 24.3 Å². The fraction of sp³-hybridized carbons (Fsp3) is 0. The van der Waals surface area contributed by atoms with Crippen LogP contribution in [-0.2, 0) is 9.84 Å². The molecule has 0 fully saturated rings. The average Bonchev–Trinajstić information content (AvgIpc) is 3.22. The van der Waals surface area contributed by atoms with E-state index in [2.05, 4.69) is 9.97 Å². The lowest BCUT2D eigenvalue weighted by molar-refractivity contribution is 0.459. The molecule has 0 aliphatic rings. The molecular formula is C17H11ClN2O3S. The molecule has 4 aromatic rings. The third-order valence-corrected chi connectivity index (χ3v) is 5.49. The first-order valence-corrected chi connectivity index (χ1v) is 8.96. The predicted octanol–water partition coefficient (Wildman–Crippen LogP) is 4.31. The van der Waals surface area contributed by atoms with Crippen molar-refractivity contribution in [2.75, 3.05) is 0 Å². The summed E-state index contributed by atoms with van der Waals surface area (Å²) in [5.74, 6) is 0.840.